The molecule has 0 spiro atoms. The SMILES string of the molecule is COc1ccc(-c2noc([C@H](C)NC(=O)c3ccncc3)n2)cc1. The van der Waals surface area contributed by atoms with Crippen LogP contribution in [0, 0.1) is 0 Å². The summed E-state index contributed by atoms with van der Waals surface area (Å²) in [6.45, 7) is 1.78. The van der Waals surface area contributed by atoms with Crippen molar-refractivity contribution in [1.82, 2.24) is 20.4 Å². The van der Waals surface area contributed by atoms with Crippen molar-refractivity contribution in [1.29, 1.82) is 0 Å². The van der Waals surface area contributed by atoms with E-state index in [-0.39, 0.29) is 5.91 Å². The number of benzene rings is 1. The van der Waals surface area contributed by atoms with Crippen LogP contribution in [0.3, 0.4) is 0 Å². The number of carbonyl (C=O) groups is 1. The van der Waals surface area contributed by atoms with E-state index in [2.05, 4.69) is 20.4 Å². The van der Waals surface area contributed by atoms with Crippen molar-refractivity contribution in [2.45, 2.75) is 13.0 Å². The standard InChI is InChI=1S/C17H16N4O3/c1-11(19-16(22)13-7-9-18-10-8-13)17-20-15(21-24-17)12-3-5-14(23-2)6-4-12/h3-11H,1-2H3,(H,19,22)/t11-/m0/s1. The molecule has 0 aliphatic heterocycles. The van der Waals surface area contributed by atoms with Crippen molar-refractivity contribution < 1.29 is 14.1 Å². The molecule has 1 amide bonds. The molecule has 3 rings (SSSR count). The van der Waals surface area contributed by atoms with E-state index < -0.39 is 6.04 Å². The Bertz CT molecular complexity index is 815. The summed E-state index contributed by atoms with van der Waals surface area (Å²) in [4.78, 5) is 20.4. The van der Waals surface area contributed by atoms with Crippen molar-refractivity contribution in [2.24, 2.45) is 0 Å². The molecule has 1 N–H and O–H groups in total. The normalized spacial score (nSPS) is 11.8. The molecule has 0 unspecified atom stereocenters. The highest BCUT2D eigenvalue weighted by molar-refractivity contribution is 5.94. The molecule has 0 aliphatic carbocycles. The van der Waals surface area contributed by atoms with E-state index in [1.54, 1.807) is 38.6 Å². The molecular weight excluding hydrogens is 308 g/mol. The first kappa shape index (κ1) is 15.7. The number of rotatable bonds is 5. The molecule has 24 heavy (non-hydrogen) atoms. The summed E-state index contributed by atoms with van der Waals surface area (Å²) < 4.78 is 10.4. The van der Waals surface area contributed by atoms with Crippen molar-refractivity contribution in [3.8, 4) is 17.1 Å². The van der Waals surface area contributed by atoms with Crippen LogP contribution in [0.25, 0.3) is 11.4 Å². The molecule has 2 aromatic heterocycles. The topological polar surface area (TPSA) is 90.1 Å². The molecule has 0 aliphatic rings. The first-order valence-electron chi connectivity index (χ1n) is 7.36. The Balaban J connectivity index is 1.71. The third-order valence-electron chi connectivity index (χ3n) is 3.45. The Labute approximate surface area is 138 Å². The maximum absolute atomic E-state index is 12.1. The molecule has 1 aromatic carbocycles. The molecule has 7 nitrogen and oxygen atoms in total. The lowest BCUT2D eigenvalue weighted by Gasteiger charge is -2.09. The lowest BCUT2D eigenvalue weighted by atomic mass is 10.2. The number of methoxy groups -OCH3 is 1. The molecule has 2 heterocycles. The van der Waals surface area contributed by atoms with Crippen molar-refractivity contribution in [3.63, 3.8) is 0 Å². The summed E-state index contributed by atoms with van der Waals surface area (Å²) in [6, 6.07) is 10.2. The van der Waals surface area contributed by atoms with Crippen LogP contribution in [0.5, 0.6) is 5.75 Å². The van der Waals surface area contributed by atoms with Gasteiger partial charge in [0.15, 0.2) is 0 Å². The predicted octanol–water partition coefficient (Wildman–Crippen LogP) is 2.63. The van der Waals surface area contributed by atoms with Gasteiger partial charge in [-0.15, -0.1) is 0 Å². The third-order valence-corrected chi connectivity index (χ3v) is 3.45. The molecule has 122 valence electrons. The quantitative estimate of drug-likeness (QED) is 0.776. The average Bonchev–Trinajstić information content (AvgIpc) is 3.13. The number of amides is 1. The number of hydrogen-bond acceptors (Lipinski definition) is 6. The van der Waals surface area contributed by atoms with E-state index in [0.29, 0.717) is 17.3 Å². The monoisotopic (exact) mass is 324 g/mol. The second-order valence-electron chi connectivity index (χ2n) is 5.12. The van der Waals surface area contributed by atoms with Crippen LogP contribution in [0.15, 0.2) is 53.3 Å². The predicted molar refractivity (Wildman–Crippen MR) is 86.4 cm³/mol. The van der Waals surface area contributed by atoms with Gasteiger partial charge >= 0.3 is 0 Å². The van der Waals surface area contributed by atoms with Gasteiger partial charge in [0.25, 0.3) is 5.91 Å². The van der Waals surface area contributed by atoms with Gasteiger partial charge in [0, 0.05) is 23.5 Å². The van der Waals surface area contributed by atoms with Gasteiger partial charge in [0.1, 0.15) is 11.8 Å². The minimum Gasteiger partial charge on any atom is -0.497 e. The highest BCUT2D eigenvalue weighted by atomic mass is 16.5. The fourth-order valence-electron chi connectivity index (χ4n) is 2.11. The zero-order valence-corrected chi connectivity index (χ0v) is 13.3. The summed E-state index contributed by atoms with van der Waals surface area (Å²) in [5.41, 5.74) is 1.32. The summed E-state index contributed by atoms with van der Waals surface area (Å²) in [5.74, 6) is 1.32. The van der Waals surface area contributed by atoms with Crippen molar-refractivity contribution >= 4 is 5.91 Å². The van der Waals surface area contributed by atoms with E-state index in [0.717, 1.165) is 11.3 Å². The maximum Gasteiger partial charge on any atom is 0.252 e. The van der Waals surface area contributed by atoms with Crippen LogP contribution in [0.1, 0.15) is 29.2 Å². The van der Waals surface area contributed by atoms with Crippen LogP contribution in [-0.2, 0) is 0 Å². The highest BCUT2D eigenvalue weighted by Crippen LogP contribution is 2.21. The summed E-state index contributed by atoms with van der Waals surface area (Å²) in [7, 11) is 1.61. The fraction of sp³-hybridized carbons (Fsp3) is 0.176. The Hall–Kier alpha value is -3.22. The Morgan fingerprint density at radius 3 is 2.54 bits per heavy atom. The molecule has 0 bridgehead atoms. The van der Waals surface area contributed by atoms with Gasteiger partial charge < -0.3 is 14.6 Å². The smallest absolute Gasteiger partial charge is 0.252 e. The summed E-state index contributed by atoms with van der Waals surface area (Å²) in [5, 5.41) is 6.77. The molecule has 7 heteroatoms. The van der Waals surface area contributed by atoms with Crippen LogP contribution in [0.2, 0.25) is 0 Å². The van der Waals surface area contributed by atoms with Crippen molar-refractivity contribution in [2.75, 3.05) is 7.11 Å². The van der Waals surface area contributed by atoms with Gasteiger partial charge in [-0.1, -0.05) is 5.16 Å². The maximum atomic E-state index is 12.1. The number of aromatic nitrogens is 3. The average molecular weight is 324 g/mol. The third kappa shape index (κ3) is 3.40. The molecule has 0 saturated carbocycles. The van der Waals surface area contributed by atoms with Gasteiger partial charge in [-0.2, -0.15) is 4.98 Å². The minimum atomic E-state index is -0.412. The number of pyridine rings is 1. The van der Waals surface area contributed by atoms with E-state index in [4.69, 9.17) is 9.26 Å². The number of carbonyl (C=O) groups excluding carboxylic acids is 1. The summed E-state index contributed by atoms with van der Waals surface area (Å²) in [6.07, 6.45) is 3.13. The molecule has 0 fully saturated rings. The van der Waals surface area contributed by atoms with E-state index >= 15 is 0 Å². The van der Waals surface area contributed by atoms with E-state index in [9.17, 15) is 4.79 Å². The lowest BCUT2D eigenvalue weighted by Crippen LogP contribution is -2.26. The van der Waals surface area contributed by atoms with Crippen LogP contribution < -0.4 is 10.1 Å². The number of nitrogens with one attached hydrogen (secondary N) is 1. The first-order valence-corrected chi connectivity index (χ1v) is 7.36. The van der Waals surface area contributed by atoms with Crippen molar-refractivity contribution in [3.05, 3.63) is 60.2 Å². The second kappa shape index (κ2) is 6.91. The largest absolute Gasteiger partial charge is 0.497 e. The molecule has 3 aromatic rings. The van der Waals surface area contributed by atoms with Crippen LogP contribution >= 0.6 is 0 Å². The minimum absolute atomic E-state index is 0.228. The molecule has 0 saturated heterocycles. The zero-order chi connectivity index (χ0) is 16.9. The van der Waals surface area contributed by atoms with E-state index in [1.165, 1.54) is 0 Å². The van der Waals surface area contributed by atoms with E-state index in [1.807, 2.05) is 24.3 Å². The number of hydrogen-bond donors (Lipinski definition) is 1. The van der Waals surface area contributed by atoms with Crippen LogP contribution in [-0.4, -0.2) is 28.1 Å². The number of nitrogens with zero attached hydrogens (tertiary/aromatic N) is 3. The fourth-order valence-corrected chi connectivity index (χ4v) is 2.11. The van der Waals surface area contributed by atoms with Gasteiger partial charge in [-0.3, -0.25) is 9.78 Å². The van der Waals surface area contributed by atoms with Gasteiger partial charge in [-0.25, -0.2) is 0 Å². The van der Waals surface area contributed by atoms with Gasteiger partial charge in [-0.05, 0) is 43.3 Å². The Kier molecular flexibility index (Phi) is 4.51. The zero-order valence-electron chi connectivity index (χ0n) is 13.3. The highest BCUT2D eigenvalue weighted by Gasteiger charge is 2.18. The Morgan fingerprint density at radius 1 is 1.17 bits per heavy atom. The first-order chi connectivity index (χ1) is 11.7. The molecule has 0 radical (unpaired) electrons. The second-order valence-corrected chi connectivity index (χ2v) is 5.12. The van der Waals surface area contributed by atoms with Crippen LogP contribution in [0.4, 0.5) is 0 Å². The van der Waals surface area contributed by atoms with Gasteiger partial charge in [0.05, 0.1) is 7.11 Å². The molecular formula is C17H16N4O3. The number of ether oxygens (including phenoxy) is 1. The molecule has 1 atom stereocenters. The Morgan fingerprint density at radius 2 is 1.88 bits per heavy atom. The van der Waals surface area contributed by atoms with Gasteiger partial charge in [0.2, 0.25) is 11.7 Å². The lowest BCUT2D eigenvalue weighted by molar-refractivity contribution is 0.0932. The summed E-state index contributed by atoms with van der Waals surface area (Å²) >= 11 is 0.